The van der Waals surface area contributed by atoms with Gasteiger partial charge in [0.25, 0.3) is 0 Å². The van der Waals surface area contributed by atoms with E-state index in [9.17, 15) is 0 Å². The van der Waals surface area contributed by atoms with E-state index in [0.717, 1.165) is 0 Å². The highest BCUT2D eigenvalue weighted by atomic mass is 32.1. The molecule has 2 heterocycles. The molecule has 6 heteroatoms. The fraction of sp³-hybridized carbons (Fsp3) is 0.750. The topological polar surface area (TPSA) is 51.6 Å². The van der Waals surface area contributed by atoms with Crippen LogP contribution in [-0.4, -0.2) is 19.2 Å². The quantitative estimate of drug-likeness (QED) is 0.730. The minimum atomic E-state index is 0.506. The normalized spacial score (nSPS) is 11.5. The first-order chi connectivity index (χ1) is 10.3. The number of aromatic nitrogens is 4. The van der Waals surface area contributed by atoms with Gasteiger partial charge >= 0.3 is 0 Å². The predicted octanol–water partition coefficient (Wildman–Crippen LogP) is 5.57. The van der Waals surface area contributed by atoms with Crippen molar-refractivity contribution in [2.24, 2.45) is 0 Å². The molecule has 0 aliphatic rings. The van der Waals surface area contributed by atoms with E-state index in [1.165, 1.54) is 44.2 Å². The Hall–Kier alpha value is -0.880. The van der Waals surface area contributed by atoms with Crippen LogP contribution >= 0.6 is 23.1 Å². The molecule has 2 aromatic rings. The second-order valence-electron chi connectivity index (χ2n) is 6.66. The third kappa shape index (κ3) is 5.09. The van der Waals surface area contributed by atoms with Gasteiger partial charge in [0.05, 0.1) is 21.1 Å². The Morgan fingerprint density at radius 1 is 0.545 bits per heavy atom. The van der Waals surface area contributed by atoms with Crippen molar-refractivity contribution in [2.45, 2.75) is 79.1 Å². The molecule has 0 saturated heterocycles. The van der Waals surface area contributed by atoms with Gasteiger partial charge in [-0.05, 0) is 46.7 Å². The Bertz CT molecular complexity index is 461. The molecule has 0 aliphatic carbocycles. The molecule has 0 N–H and O–H groups in total. The fourth-order valence-electron chi connectivity index (χ4n) is 2.01. The molecule has 2 aromatic heterocycles. The van der Waals surface area contributed by atoms with Gasteiger partial charge in [0.15, 0.2) is 0 Å². The zero-order chi connectivity index (χ0) is 16.9. The van der Waals surface area contributed by atoms with Gasteiger partial charge in [0.2, 0.25) is 0 Å². The Labute approximate surface area is 142 Å². The lowest BCUT2D eigenvalue weighted by atomic mass is 10.0. The lowest BCUT2D eigenvalue weighted by Crippen LogP contribution is -1.94. The Balaban J connectivity index is 0.000000220. The molecule has 0 amide bonds. The summed E-state index contributed by atoms with van der Waals surface area (Å²) in [6.07, 6.45) is 0. The van der Waals surface area contributed by atoms with Crippen LogP contribution < -0.4 is 0 Å². The van der Waals surface area contributed by atoms with E-state index in [4.69, 9.17) is 0 Å². The van der Waals surface area contributed by atoms with Gasteiger partial charge in [0.1, 0.15) is 0 Å². The molecule has 0 radical (unpaired) electrons. The summed E-state index contributed by atoms with van der Waals surface area (Å²) in [5.74, 6) is 2.14. The molecule has 124 valence electrons. The average molecular weight is 341 g/mol. The lowest BCUT2D eigenvalue weighted by molar-refractivity contribution is 0.768. The van der Waals surface area contributed by atoms with E-state index in [1.807, 2.05) is 0 Å². The molecule has 0 unspecified atom stereocenters. The number of hydrogen-bond acceptors (Lipinski definition) is 6. The van der Waals surface area contributed by atoms with Crippen molar-refractivity contribution >= 4 is 23.1 Å². The van der Waals surface area contributed by atoms with Gasteiger partial charge < -0.3 is 0 Å². The van der Waals surface area contributed by atoms with E-state index in [2.05, 4.69) is 74.6 Å². The largest absolute Gasteiger partial charge is 0.143 e. The second-order valence-corrected chi connectivity index (χ2v) is 8.24. The molecule has 0 aliphatic heterocycles. The molecule has 0 bridgehead atoms. The number of nitrogens with zero attached hydrogens (tertiary/aromatic N) is 4. The van der Waals surface area contributed by atoms with E-state index in [-0.39, 0.29) is 0 Å². The average Bonchev–Trinajstić information content (AvgIpc) is 3.08. The summed E-state index contributed by atoms with van der Waals surface area (Å²) in [6.45, 7) is 17.3. The summed E-state index contributed by atoms with van der Waals surface area (Å²) in [7, 11) is 0. The van der Waals surface area contributed by atoms with Crippen molar-refractivity contribution in [3.8, 4) is 0 Å². The molecule has 0 fully saturated rings. The van der Waals surface area contributed by atoms with Crippen molar-refractivity contribution in [3.05, 3.63) is 21.1 Å². The van der Waals surface area contributed by atoms with Crippen LogP contribution in [0.1, 0.15) is 100 Å². The molecule has 0 aromatic carbocycles. The summed E-state index contributed by atoms with van der Waals surface area (Å²) in [5.41, 5.74) is 2.34. The van der Waals surface area contributed by atoms with Crippen LogP contribution in [0.5, 0.6) is 0 Å². The second kappa shape index (κ2) is 8.67. The Kier molecular flexibility index (Phi) is 7.56. The van der Waals surface area contributed by atoms with Crippen LogP contribution in [0.3, 0.4) is 0 Å². The van der Waals surface area contributed by atoms with Gasteiger partial charge in [-0.15, -0.1) is 10.2 Å². The van der Waals surface area contributed by atoms with Crippen molar-refractivity contribution in [2.75, 3.05) is 0 Å². The van der Waals surface area contributed by atoms with Crippen LogP contribution in [0.4, 0.5) is 0 Å². The fourth-order valence-corrected chi connectivity index (χ4v) is 3.61. The molecule has 2 rings (SSSR count). The predicted molar refractivity (Wildman–Crippen MR) is 96.2 cm³/mol. The maximum Gasteiger partial charge on any atom is 0.0815 e. The first-order valence-electron chi connectivity index (χ1n) is 7.89. The van der Waals surface area contributed by atoms with Crippen LogP contribution in [0.2, 0.25) is 0 Å². The van der Waals surface area contributed by atoms with Gasteiger partial charge in [-0.25, -0.2) is 0 Å². The highest BCUT2D eigenvalue weighted by Crippen LogP contribution is 2.27. The smallest absolute Gasteiger partial charge is 0.0815 e. The minimum absolute atomic E-state index is 0.506. The summed E-state index contributed by atoms with van der Waals surface area (Å²) in [6, 6.07) is 0. The third-order valence-corrected chi connectivity index (χ3v) is 5.30. The van der Waals surface area contributed by atoms with E-state index >= 15 is 0 Å². The van der Waals surface area contributed by atoms with Crippen LogP contribution in [0.15, 0.2) is 0 Å². The maximum atomic E-state index is 4.11. The zero-order valence-electron chi connectivity index (χ0n) is 14.9. The van der Waals surface area contributed by atoms with Crippen molar-refractivity contribution in [1.82, 2.24) is 19.2 Å². The van der Waals surface area contributed by atoms with Crippen molar-refractivity contribution in [3.63, 3.8) is 0 Å². The van der Waals surface area contributed by atoms with Crippen molar-refractivity contribution < 1.29 is 0 Å². The molecule has 22 heavy (non-hydrogen) atoms. The summed E-state index contributed by atoms with van der Waals surface area (Å²) in [5, 5.41) is 8.21. The van der Waals surface area contributed by atoms with Gasteiger partial charge in [-0.2, -0.15) is 0 Å². The summed E-state index contributed by atoms with van der Waals surface area (Å²) < 4.78 is 7.91. The van der Waals surface area contributed by atoms with Gasteiger partial charge in [-0.1, -0.05) is 64.4 Å². The van der Waals surface area contributed by atoms with Gasteiger partial charge in [0, 0.05) is 0 Å². The Morgan fingerprint density at radius 3 is 1.05 bits per heavy atom. The first kappa shape index (κ1) is 19.2. The summed E-state index contributed by atoms with van der Waals surface area (Å²) >= 11 is 3.05. The van der Waals surface area contributed by atoms with Gasteiger partial charge in [-0.3, -0.25) is 0 Å². The Morgan fingerprint density at radius 2 is 0.864 bits per heavy atom. The molecule has 0 spiro atoms. The van der Waals surface area contributed by atoms with Crippen molar-refractivity contribution in [1.29, 1.82) is 0 Å². The molecule has 0 atom stereocenters. The highest BCUT2D eigenvalue weighted by Gasteiger charge is 2.14. The van der Waals surface area contributed by atoms with Crippen LogP contribution in [-0.2, 0) is 0 Å². The standard InChI is InChI=1S/2C8H14N2S/c2*1-5(2)7-8(6(3)4)11-10-9-7/h2*5-6H,1-4H3. The van der Waals surface area contributed by atoms with E-state index in [0.29, 0.717) is 23.7 Å². The summed E-state index contributed by atoms with van der Waals surface area (Å²) in [4.78, 5) is 2.67. The highest BCUT2D eigenvalue weighted by molar-refractivity contribution is 7.06. The molecular weight excluding hydrogens is 312 g/mol. The lowest BCUT2D eigenvalue weighted by Gasteiger charge is -2.05. The van der Waals surface area contributed by atoms with Crippen LogP contribution in [0.25, 0.3) is 0 Å². The van der Waals surface area contributed by atoms with E-state index < -0.39 is 0 Å². The SMILES string of the molecule is CC(C)c1nnsc1C(C)C.CC(C)c1nnsc1C(C)C. The van der Waals surface area contributed by atoms with Crippen LogP contribution in [0, 0.1) is 0 Å². The minimum Gasteiger partial charge on any atom is -0.143 e. The third-order valence-electron chi connectivity index (χ3n) is 3.22. The molecule has 0 saturated carbocycles. The first-order valence-corrected chi connectivity index (χ1v) is 9.44. The number of hydrogen-bond donors (Lipinski definition) is 0. The molecular formula is C16H28N4S2. The monoisotopic (exact) mass is 340 g/mol. The maximum absolute atomic E-state index is 4.11. The number of rotatable bonds is 4. The molecule has 4 nitrogen and oxygen atoms in total. The zero-order valence-corrected chi connectivity index (χ0v) is 16.5. The van der Waals surface area contributed by atoms with E-state index in [1.54, 1.807) is 0 Å².